The van der Waals surface area contributed by atoms with Crippen LogP contribution in [0.25, 0.3) is 0 Å². The molecule has 0 atom stereocenters. The van der Waals surface area contributed by atoms with Crippen molar-refractivity contribution in [1.29, 1.82) is 0 Å². The minimum absolute atomic E-state index is 0.668. The summed E-state index contributed by atoms with van der Waals surface area (Å²) in [6.45, 7) is 0. The Morgan fingerprint density at radius 1 is 0.929 bits per heavy atom. The molecule has 14 heavy (non-hydrogen) atoms. The van der Waals surface area contributed by atoms with Gasteiger partial charge in [0.15, 0.2) is 5.82 Å². The molecule has 0 aromatic carbocycles. The van der Waals surface area contributed by atoms with Crippen LogP contribution in [-0.2, 0) is 0 Å². The lowest BCUT2D eigenvalue weighted by molar-refractivity contribution is 0.402. The Morgan fingerprint density at radius 2 is 1.64 bits per heavy atom. The third kappa shape index (κ3) is 1.35. The van der Waals surface area contributed by atoms with Crippen molar-refractivity contribution in [3.05, 3.63) is 11.6 Å². The SMILES string of the molecule is C1CC(c2n[nH]c(C3CCCC3)n2)C1. The second kappa shape index (κ2) is 3.37. The van der Waals surface area contributed by atoms with E-state index in [9.17, 15) is 0 Å². The fourth-order valence-electron chi connectivity index (χ4n) is 2.52. The van der Waals surface area contributed by atoms with E-state index in [0.717, 1.165) is 11.6 Å². The van der Waals surface area contributed by atoms with Gasteiger partial charge in [-0.05, 0) is 25.7 Å². The molecule has 0 aliphatic heterocycles. The lowest BCUT2D eigenvalue weighted by Crippen LogP contribution is -2.10. The topological polar surface area (TPSA) is 41.6 Å². The molecule has 3 nitrogen and oxygen atoms in total. The number of nitrogens with zero attached hydrogens (tertiary/aromatic N) is 2. The zero-order chi connectivity index (χ0) is 9.38. The molecule has 0 unspecified atom stereocenters. The Kier molecular flexibility index (Phi) is 2.03. The van der Waals surface area contributed by atoms with Crippen LogP contribution >= 0.6 is 0 Å². The second-order valence-corrected chi connectivity index (χ2v) is 4.69. The van der Waals surface area contributed by atoms with E-state index in [1.165, 1.54) is 44.9 Å². The zero-order valence-electron chi connectivity index (χ0n) is 8.50. The summed E-state index contributed by atoms with van der Waals surface area (Å²) in [7, 11) is 0. The first-order valence-electron chi connectivity index (χ1n) is 5.85. The number of H-pyrrole nitrogens is 1. The molecular weight excluding hydrogens is 174 g/mol. The highest BCUT2D eigenvalue weighted by atomic mass is 15.2. The molecule has 2 aliphatic rings. The van der Waals surface area contributed by atoms with Crippen molar-refractivity contribution in [3.8, 4) is 0 Å². The molecule has 0 radical (unpaired) electrons. The number of hydrogen-bond donors (Lipinski definition) is 1. The van der Waals surface area contributed by atoms with Gasteiger partial charge in [0.25, 0.3) is 0 Å². The van der Waals surface area contributed by atoms with E-state index >= 15 is 0 Å². The number of aromatic amines is 1. The van der Waals surface area contributed by atoms with E-state index in [-0.39, 0.29) is 0 Å². The Labute approximate surface area is 84.3 Å². The van der Waals surface area contributed by atoms with Crippen LogP contribution in [0.1, 0.15) is 68.4 Å². The van der Waals surface area contributed by atoms with Crippen LogP contribution in [0.3, 0.4) is 0 Å². The molecule has 1 aromatic heterocycles. The van der Waals surface area contributed by atoms with Crippen molar-refractivity contribution < 1.29 is 0 Å². The maximum atomic E-state index is 4.65. The van der Waals surface area contributed by atoms with Gasteiger partial charge in [-0.3, -0.25) is 5.10 Å². The summed E-state index contributed by atoms with van der Waals surface area (Å²) in [6, 6.07) is 0. The zero-order valence-corrected chi connectivity index (χ0v) is 8.50. The summed E-state index contributed by atoms with van der Waals surface area (Å²) >= 11 is 0. The second-order valence-electron chi connectivity index (χ2n) is 4.69. The minimum atomic E-state index is 0.668. The van der Waals surface area contributed by atoms with Gasteiger partial charge < -0.3 is 0 Å². The number of rotatable bonds is 2. The maximum absolute atomic E-state index is 4.65. The van der Waals surface area contributed by atoms with Gasteiger partial charge in [-0.25, -0.2) is 4.98 Å². The van der Waals surface area contributed by atoms with Crippen LogP contribution in [0.5, 0.6) is 0 Å². The Bertz CT molecular complexity index is 308. The van der Waals surface area contributed by atoms with Crippen LogP contribution in [0.4, 0.5) is 0 Å². The smallest absolute Gasteiger partial charge is 0.153 e. The lowest BCUT2D eigenvalue weighted by Gasteiger charge is -2.21. The molecular formula is C11H17N3. The summed E-state index contributed by atoms with van der Waals surface area (Å²) in [5.74, 6) is 3.58. The molecule has 0 saturated heterocycles. The fraction of sp³-hybridized carbons (Fsp3) is 0.818. The molecule has 2 aliphatic carbocycles. The first-order valence-corrected chi connectivity index (χ1v) is 5.85. The third-order valence-corrected chi connectivity index (χ3v) is 3.73. The summed E-state index contributed by atoms with van der Waals surface area (Å²) < 4.78 is 0. The first-order chi connectivity index (χ1) is 6.93. The van der Waals surface area contributed by atoms with Gasteiger partial charge in [-0.2, -0.15) is 5.10 Å². The first kappa shape index (κ1) is 8.45. The van der Waals surface area contributed by atoms with Crippen LogP contribution in [0.2, 0.25) is 0 Å². The highest BCUT2D eigenvalue weighted by molar-refractivity contribution is 5.05. The Morgan fingerprint density at radius 3 is 2.29 bits per heavy atom. The van der Waals surface area contributed by atoms with Crippen molar-refractivity contribution in [2.24, 2.45) is 0 Å². The standard InChI is InChI=1S/C11H17N3/c1-2-5-8(4-1)10-12-11(14-13-10)9-6-3-7-9/h8-9H,1-7H2,(H,12,13,14). The van der Waals surface area contributed by atoms with Gasteiger partial charge in [-0.15, -0.1) is 0 Å². The number of aromatic nitrogens is 3. The summed E-state index contributed by atoms with van der Waals surface area (Å²) in [5, 5.41) is 7.48. The van der Waals surface area contributed by atoms with E-state index in [2.05, 4.69) is 15.2 Å². The number of nitrogens with one attached hydrogen (secondary N) is 1. The van der Waals surface area contributed by atoms with Crippen LogP contribution < -0.4 is 0 Å². The van der Waals surface area contributed by atoms with Gasteiger partial charge in [0.1, 0.15) is 5.82 Å². The molecule has 2 fully saturated rings. The van der Waals surface area contributed by atoms with Crippen LogP contribution in [-0.4, -0.2) is 15.2 Å². The third-order valence-electron chi connectivity index (χ3n) is 3.73. The van der Waals surface area contributed by atoms with E-state index in [4.69, 9.17) is 0 Å². The Balaban J connectivity index is 1.75. The molecule has 1 heterocycles. The largest absolute Gasteiger partial charge is 0.263 e. The summed E-state index contributed by atoms with van der Waals surface area (Å²) in [6.07, 6.45) is 9.29. The van der Waals surface area contributed by atoms with E-state index < -0.39 is 0 Å². The van der Waals surface area contributed by atoms with Crippen LogP contribution in [0.15, 0.2) is 0 Å². The summed E-state index contributed by atoms with van der Waals surface area (Å²) in [5.41, 5.74) is 0. The normalized spacial score (nSPS) is 24.0. The average molecular weight is 191 g/mol. The van der Waals surface area contributed by atoms with Gasteiger partial charge in [0, 0.05) is 11.8 Å². The van der Waals surface area contributed by atoms with Crippen molar-refractivity contribution in [2.45, 2.75) is 56.8 Å². The van der Waals surface area contributed by atoms with E-state index in [0.29, 0.717) is 11.8 Å². The summed E-state index contributed by atoms with van der Waals surface area (Å²) in [4.78, 5) is 4.65. The lowest BCUT2D eigenvalue weighted by atomic mass is 9.85. The van der Waals surface area contributed by atoms with Gasteiger partial charge in [-0.1, -0.05) is 19.3 Å². The van der Waals surface area contributed by atoms with Crippen molar-refractivity contribution in [1.82, 2.24) is 15.2 Å². The predicted molar refractivity (Wildman–Crippen MR) is 54.2 cm³/mol. The molecule has 76 valence electrons. The maximum Gasteiger partial charge on any atom is 0.153 e. The minimum Gasteiger partial charge on any atom is -0.263 e. The predicted octanol–water partition coefficient (Wildman–Crippen LogP) is 2.73. The molecule has 0 spiro atoms. The van der Waals surface area contributed by atoms with Gasteiger partial charge >= 0.3 is 0 Å². The van der Waals surface area contributed by atoms with Crippen LogP contribution in [0, 0.1) is 0 Å². The quantitative estimate of drug-likeness (QED) is 0.781. The monoisotopic (exact) mass is 191 g/mol. The number of hydrogen-bond acceptors (Lipinski definition) is 2. The van der Waals surface area contributed by atoms with Gasteiger partial charge in [0.2, 0.25) is 0 Å². The molecule has 1 aromatic rings. The highest BCUT2D eigenvalue weighted by Gasteiger charge is 2.26. The Hall–Kier alpha value is -0.860. The molecule has 3 rings (SSSR count). The highest BCUT2D eigenvalue weighted by Crippen LogP contribution is 2.36. The molecule has 0 bridgehead atoms. The van der Waals surface area contributed by atoms with Crippen molar-refractivity contribution in [2.75, 3.05) is 0 Å². The fourth-order valence-corrected chi connectivity index (χ4v) is 2.52. The van der Waals surface area contributed by atoms with Crippen molar-refractivity contribution >= 4 is 0 Å². The van der Waals surface area contributed by atoms with Gasteiger partial charge in [0.05, 0.1) is 0 Å². The average Bonchev–Trinajstić information content (AvgIpc) is 2.65. The van der Waals surface area contributed by atoms with Crippen molar-refractivity contribution in [3.63, 3.8) is 0 Å². The van der Waals surface area contributed by atoms with E-state index in [1.54, 1.807) is 0 Å². The van der Waals surface area contributed by atoms with E-state index in [1.807, 2.05) is 0 Å². The molecule has 1 N–H and O–H groups in total. The molecule has 2 saturated carbocycles. The molecule has 0 amide bonds. The molecule has 3 heteroatoms.